The molecule has 0 spiro atoms. The molecular weight excluding hydrogens is 306 g/mol. The van der Waals surface area contributed by atoms with Gasteiger partial charge in [0.1, 0.15) is 16.9 Å². The third-order valence-corrected chi connectivity index (χ3v) is 4.14. The van der Waals surface area contributed by atoms with Gasteiger partial charge in [0.05, 0.1) is 23.4 Å². The summed E-state index contributed by atoms with van der Waals surface area (Å²) in [6, 6.07) is 5.52. The number of halogens is 1. The molecule has 0 saturated carbocycles. The molecule has 92 valence electrons. The van der Waals surface area contributed by atoms with Gasteiger partial charge in [0.2, 0.25) is 0 Å². The zero-order valence-corrected chi connectivity index (χ0v) is 11.5. The van der Waals surface area contributed by atoms with E-state index in [1.807, 2.05) is 18.2 Å². The van der Waals surface area contributed by atoms with Crippen LogP contribution in [0.4, 0.5) is 0 Å². The Balaban J connectivity index is 2.37. The third kappa shape index (κ3) is 2.60. The Morgan fingerprint density at radius 1 is 1.47 bits per heavy atom. The number of hydrogen-bond acceptors (Lipinski definition) is 5. The highest BCUT2D eigenvalue weighted by molar-refractivity contribution is 9.09. The van der Waals surface area contributed by atoms with Crippen LogP contribution < -0.4 is 4.74 Å². The van der Waals surface area contributed by atoms with Gasteiger partial charge in [-0.2, -0.15) is 0 Å². The van der Waals surface area contributed by atoms with E-state index in [1.54, 1.807) is 7.11 Å². The van der Waals surface area contributed by atoms with Crippen LogP contribution in [0.1, 0.15) is 11.1 Å². The topological polar surface area (TPSA) is 62.6 Å². The Labute approximate surface area is 111 Å². The molecule has 1 aromatic carbocycles. The lowest BCUT2D eigenvalue weighted by Gasteiger charge is -2.11. The maximum Gasteiger partial charge on any atom is 0.132 e. The van der Waals surface area contributed by atoms with Crippen molar-refractivity contribution in [2.75, 3.05) is 12.4 Å². The van der Waals surface area contributed by atoms with Crippen LogP contribution in [-0.2, 0) is 0 Å². The standard InChI is InChI=1S/C11H12BrNO3S/c1-16-6-2-3-7-9(4-6)17-11(13-7)10(15)8(14)5-12/h2-4,8,10,14-15H,5H2,1H3. The highest BCUT2D eigenvalue weighted by atomic mass is 79.9. The van der Waals surface area contributed by atoms with Crippen LogP contribution in [0.25, 0.3) is 10.2 Å². The lowest BCUT2D eigenvalue weighted by Crippen LogP contribution is -2.19. The molecule has 0 aliphatic rings. The summed E-state index contributed by atoms with van der Waals surface area (Å²) >= 11 is 4.48. The van der Waals surface area contributed by atoms with Gasteiger partial charge in [-0.3, -0.25) is 0 Å². The molecule has 1 aromatic heterocycles. The summed E-state index contributed by atoms with van der Waals surface area (Å²) in [4.78, 5) is 4.29. The van der Waals surface area contributed by atoms with Crippen LogP contribution in [0.15, 0.2) is 18.2 Å². The highest BCUT2D eigenvalue weighted by Crippen LogP contribution is 2.30. The predicted octanol–water partition coefficient (Wildman–Crippen LogP) is 2.09. The molecule has 17 heavy (non-hydrogen) atoms. The summed E-state index contributed by atoms with van der Waals surface area (Å²) in [6.07, 6.45) is -1.81. The monoisotopic (exact) mass is 317 g/mol. The highest BCUT2D eigenvalue weighted by Gasteiger charge is 2.21. The molecule has 2 atom stereocenters. The molecule has 0 radical (unpaired) electrons. The van der Waals surface area contributed by atoms with Gasteiger partial charge in [0.25, 0.3) is 0 Å². The van der Waals surface area contributed by atoms with Gasteiger partial charge in [-0.1, -0.05) is 15.9 Å². The summed E-state index contributed by atoms with van der Waals surface area (Å²) in [5, 5.41) is 20.2. The maximum absolute atomic E-state index is 9.85. The molecular formula is C11H12BrNO3S. The Kier molecular flexibility index (Phi) is 3.98. The average Bonchev–Trinajstić information content (AvgIpc) is 2.79. The van der Waals surface area contributed by atoms with E-state index in [0.717, 1.165) is 16.0 Å². The first kappa shape index (κ1) is 12.8. The summed E-state index contributed by atoms with van der Waals surface area (Å²) in [5.74, 6) is 0.753. The van der Waals surface area contributed by atoms with E-state index in [9.17, 15) is 10.2 Å². The molecule has 6 heteroatoms. The first-order valence-electron chi connectivity index (χ1n) is 5.02. The number of aliphatic hydroxyl groups is 2. The molecule has 2 rings (SSSR count). The van der Waals surface area contributed by atoms with Crippen molar-refractivity contribution >= 4 is 37.5 Å². The SMILES string of the molecule is COc1ccc2nc(C(O)C(O)CBr)sc2c1. The largest absolute Gasteiger partial charge is 0.497 e. The minimum absolute atomic E-state index is 0.313. The van der Waals surface area contributed by atoms with Crippen LogP contribution in [0, 0.1) is 0 Å². The van der Waals surface area contributed by atoms with Crippen molar-refractivity contribution in [1.82, 2.24) is 4.98 Å². The Morgan fingerprint density at radius 2 is 2.24 bits per heavy atom. The van der Waals surface area contributed by atoms with Gasteiger partial charge in [-0.15, -0.1) is 11.3 Å². The summed E-state index contributed by atoms with van der Waals surface area (Å²) in [5.41, 5.74) is 0.798. The number of aliphatic hydroxyl groups excluding tert-OH is 2. The molecule has 2 unspecified atom stereocenters. The predicted molar refractivity (Wildman–Crippen MR) is 70.9 cm³/mol. The van der Waals surface area contributed by atoms with Crippen LogP contribution in [0.2, 0.25) is 0 Å². The number of hydrogen-bond donors (Lipinski definition) is 2. The van der Waals surface area contributed by atoms with Gasteiger partial charge in [-0.05, 0) is 18.2 Å². The minimum atomic E-state index is -0.960. The second kappa shape index (κ2) is 5.30. The van der Waals surface area contributed by atoms with Crippen LogP contribution in [0.3, 0.4) is 0 Å². The van der Waals surface area contributed by atoms with E-state index >= 15 is 0 Å². The molecule has 1 heterocycles. The molecule has 2 N–H and O–H groups in total. The second-order valence-electron chi connectivity index (χ2n) is 3.55. The van der Waals surface area contributed by atoms with Gasteiger partial charge in [0, 0.05) is 5.33 Å². The molecule has 4 nitrogen and oxygen atoms in total. The van der Waals surface area contributed by atoms with Gasteiger partial charge < -0.3 is 14.9 Å². The summed E-state index contributed by atoms with van der Waals surface area (Å²) < 4.78 is 6.05. The molecule has 0 bridgehead atoms. The number of nitrogens with zero attached hydrogens (tertiary/aromatic N) is 1. The van der Waals surface area contributed by atoms with E-state index in [4.69, 9.17) is 4.74 Å². The number of fused-ring (bicyclic) bond motifs is 1. The molecule has 0 fully saturated rings. The Morgan fingerprint density at radius 3 is 2.88 bits per heavy atom. The number of aromatic nitrogens is 1. The Hall–Kier alpha value is -0.690. The number of ether oxygens (including phenoxy) is 1. The van der Waals surface area contributed by atoms with E-state index < -0.39 is 12.2 Å². The molecule has 0 amide bonds. The normalized spacial score (nSPS) is 14.8. The van der Waals surface area contributed by atoms with Crippen molar-refractivity contribution in [3.05, 3.63) is 23.2 Å². The van der Waals surface area contributed by atoms with Crippen molar-refractivity contribution in [2.24, 2.45) is 0 Å². The minimum Gasteiger partial charge on any atom is -0.497 e. The number of benzene rings is 1. The van der Waals surface area contributed by atoms with E-state index in [0.29, 0.717) is 10.3 Å². The Bertz CT molecular complexity index is 516. The fourth-order valence-electron chi connectivity index (χ4n) is 1.43. The average molecular weight is 318 g/mol. The van der Waals surface area contributed by atoms with Crippen molar-refractivity contribution in [1.29, 1.82) is 0 Å². The van der Waals surface area contributed by atoms with E-state index in [1.165, 1.54) is 11.3 Å². The maximum atomic E-state index is 9.85. The fourth-order valence-corrected chi connectivity index (χ4v) is 2.82. The quantitative estimate of drug-likeness (QED) is 0.848. The molecule has 2 aromatic rings. The number of rotatable bonds is 4. The zero-order chi connectivity index (χ0) is 12.4. The van der Waals surface area contributed by atoms with E-state index in [2.05, 4.69) is 20.9 Å². The fraction of sp³-hybridized carbons (Fsp3) is 0.364. The molecule has 0 aliphatic carbocycles. The number of thiazole rings is 1. The van der Waals surface area contributed by atoms with Crippen molar-refractivity contribution < 1.29 is 14.9 Å². The first-order valence-corrected chi connectivity index (χ1v) is 6.96. The second-order valence-corrected chi connectivity index (χ2v) is 5.26. The molecule has 0 aliphatic heterocycles. The first-order chi connectivity index (χ1) is 8.15. The van der Waals surface area contributed by atoms with Crippen molar-refractivity contribution in [3.63, 3.8) is 0 Å². The smallest absolute Gasteiger partial charge is 0.132 e. The summed E-state index contributed by atoms with van der Waals surface area (Å²) in [6.45, 7) is 0. The third-order valence-electron chi connectivity index (χ3n) is 2.39. The van der Waals surface area contributed by atoms with Crippen LogP contribution >= 0.6 is 27.3 Å². The van der Waals surface area contributed by atoms with Gasteiger partial charge >= 0.3 is 0 Å². The lowest BCUT2D eigenvalue weighted by atomic mass is 10.2. The van der Waals surface area contributed by atoms with Crippen molar-refractivity contribution in [3.8, 4) is 5.75 Å². The number of alkyl halides is 1. The van der Waals surface area contributed by atoms with Gasteiger partial charge in [-0.25, -0.2) is 4.98 Å². The zero-order valence-electron chi connectivity index (χ0n) is 9.13. The van der Waals surface area contributed by atoms with Gasteiger partial charge in [0.15, 0.2) is 0 Å². The van der Waals surface area contributed by atoms with E-state index in [-0.39, 0.29) is 0 Å². The summed E-state index contributed by atoms with van der Waals surface area (Å²) in [7, 11) is 1.60. The lowest BCUT2D eigenvalue weighted by molar-refractivity contribution is 0.0342. The molecule has 0 saturated heterocycles. The van der Waals surface area contributed by atoms with Crippen LogP contribution in [-0.4, -0.2) is 33.7 Å². The van der Waals surface area contributed by atoms with Crippen molar-refractivity contribution in [2.45, 2.75) is 12.2 Å². The van der Waals surface area contributed by atoms with Crippen LogP contribution in [0.5, 0.6) is 5.75 Å². The number of methoxy groups -OCH3 is 1.